The molecule has 1 N–H and O–H groups in total. The van der Waals surface area contributed by atoms with Crippen molar-refractivity contribution in [3.63, 3.8) is 0 Å². The van der Waals surface area contributed by atoms with Gasteiger partial charge in [-0.3, -0.25) is 4.79 Å². The smallest absolute Gasteiger partial charge is 0.309 e. The number of halogens is 3. The molecule has 21 heavy (non-hydrogen) atoms. The van der Waals surface area contributed by atoms with E-state index in [1.165, 1.54) is 7.11 Å². The molecule has 0 aliphatic rings. The van der Waals surface area contributed by atoms with Gasteiger partial charge in [0.25, 0.3) is 0 Å². The Morgan fingerprint density at radius 2 is 1.86 bits per heavy atom. The van der Waals surface area contributed by atoms with Crippen LogP contribution < -0.4 is 4.74 Å². The van der Waals surface area contributed by atoms with Gasteiger partial charge < -0.3 is 9.84 Å². The summed E-state index contributed by atoms with van der Waals surface area (Å²) in [4.78, 5) is 15.2. The number of aromatic nitrogens is 1. The van der Waals surface area contributed by atoms with Crippen LogP contribution in [0.4, 0.5) is 0 Å². The summed E-state index contributed by atoms with van der Waals surface area (Å²) >= 11 is 17.9. The van der Waals surface area contributed by atoms with Crippen molar-refractivity contribution in [2.75, 3.05) is 7.11 Å². The zero-order chi connectivity index (χ0) is 15.6. The van der Waals surface area contributed by atoms with Crippen molar-refractivity contribution in [3.8, 4) is 17.0 Å². The van der Waals surface area contributed by atoms with Crippen molar-refractivity contribution in [1.82, 2.24) is 4.98 Å². The predicted molar refractivity (Wildman–Crippen MR) is 82.6 cm³/mol. The van der Waals surface area contributed by atoms with Crippen LogP contribution in [0.1, 0.15) is 5.69 Å². The third-order valence-corrected chi connectivity index (χ3v) is 3.97. The average molecular weight is 347 g/mol. The fourth-order valence-electron chi connectivity index (χ4n) is 1.85. The molecule has 0 radical (unpaired) electrons. The molecule has 2 aromatic rings. The molecule has 0 aliphatic carbocycles. The summed E-state index contributed by atoms with van der Waals surface area (Å²) in [6.07, 6.45) is -0.246. The van der Waals surface area contributed by atoms with E-state index in [1.54, 1.807) is 24.3 Å². The third kappa shape index (κ3) is 3.59. The molecule has 110 valence electrons. The molecule has 0 saturated heterocycles. The Kier molecular flexibility index (Phi) is 4.93. The Morgan fingerprint density at radius 3 is 2.38 bits per heavy atom. The number of carboxylic acids is 1. The average Bonchev–Trinajstić information content (AvgIpc) is 2.43. The molecule has 1 heterocycles. The van der Waals surface area contributed by atoms with Crippen molar-refractivity contribution in [2.24, 2.45) is 0 Å². The Labute approximate surface area is 136 Å². The van der Waals surface area contributed by atoms with E-state index >= 15 is 0 Å². The molecular formula is C14H10Cl3NO3. The highest BCUT2D eigenvalue weighted by Gasteiger charge is 2.14. The van der Waals surface area contributed by atoms with Gasteiger partial charge in [0, 0.05) is 11.6 Å². The van der Waals surface area contributed by atoms with Gasteiger partial charge >= 0.3 is 5.97 Å². The topological polar surface area (TPSA) is 59.4 Å². The van der Waals surface area contributed by atoms with Crippen molar-refractivity contribution in [1.29, 1.82) is 0 Å². The molecule has 0 fully saturated rings. The summed E-state index contributed by atoms with van der Waals surface area (Å²) in [6, 6.07) is 6.58. The monoisotopic (exact) mass is 345 g/mol. The lowest BCUT2D eigenvalue weighted by Crippen LogP contribution is -2.05. The summed E-state index contributed by atoms with van der Waals surface area (Å²) in [6.45, 7) is 0. The standard InChI is InChI=1S/C14H10Cl3NO3/c1-21-12-3-2-8(11(18-12)6-13(19)20)7-4-9(15)14(17)10(16)5-7/h2-5H,6H2,1H3,(H,19,20). The van der Waals surface area contributed by atoms with Crippen LogP contribution in [0.5, 0.6) is 5.88 Å². The molecule has 0 atom stereocenters. The zero-order valence-electron chi connectivity index (χ0n) is 10.9. The van der Waals surface area contributed by atoms with Gasteiger partial charge in [-0.2, -0.15) is 0 Å². The van der Waals surface area contributed by atoms with E-state index < -0.39 is 5.97 Å². The fraction of sp³-hybridized carbons (Fsp3) is 0.143. The first kappa shape index (κ1) is 15.9. The Hall–Kier alpha value is -1.49. The number of hydrogen-bond donors (Lipinski definition) is 1. The van der Waals surface area contributed by atoms with Gasteiger partial charge in [0.05, 0.1) is 34.3 Å². The number of carboxylic acid groups (broad SMARTS) is 1. The van der Waals surface area contributed by atoms with Crippen molar-refractivity contribution >= 4 is 40.8 Å². The number of rotatable bonds is 4. The van der Waals surface area contributed by atoms with Crippen LogP contribution in [0.25, 0.3) is 11.1 Å². The number of pyridine rings is 1. The molecule has 0 unspecified atom stereocenters. The largest absolute Gasteiger partial charge is 0.481 e. The van der Waals surface area contributed by atoms with Crippen LogP contribution >= 0.6 is 34.8 Å². The van der Waals surface area contributed by atoms with Gasteiger partial charge in [-0.1, -0.05) is 34.8 Å². The predicted octanol–water partition coefficient (Wildman–Crippen LogP) is 4.34. The van der Waals surface area contributed by atoms with Crippen molar-refractivity contribution in [2.45, 2.75) is 6.42 Å². The lowest BCUT2D eigenvalue weighted by molar-refractivity contribution is -0.136. The molecule has 0 saturated carbocycles. The highest BCUT2D eigenvalue weighted by atomic mass is 35.5. The molecule has 1 aromatic heterocycles. The van der Waals surface area contributed by atoms with E-state index in [9.17, 15) is 4.79 Å². The maximum Gasteiger partial charge on any atom is 0.309 e. The number of methoxy groups -OCH3 is 1. The second kappa shape index (κ2) is 6.52. The molecule has 0 amide bonds. The Morgan fingerprint density at radius 1 is 1.24 bits per heavy atom. The van der Waals surface area contributed by atoms with E-state index in [0.717, 1.165) is 0 Å². The van der Waals surface area contributed by atoms with Crippen LogP contribution in [-0.2, 0) is 11.2 Å². The molecule has 4 nitrogen and oxygen atoms in total. The molecule has 1 aromatic carbocycles. The number of ether oxygens (including phenoxy) is 1. The number of nitrogens with zero attached hydrogens (tertiary/aromatic N) is 1. The van der Waals surface area contributed by atoms with Crippen LogP contribution in [-0.4, -0.2) is 23.2 Å². The molecule has 0 aliphatic heterocycles. The first-order valence-corrected chi connectivity index (χ1v) is 6.96. The minimum Gasteiger partial charge on any atom is -0.481 e. The van der Waals surface area contributed by atoms with Crippen LogP contribution in [0.3, 0.4) is 0 Å². The van der Waals surface area contributed by atoms with E-state index in [4.69, 9.17) is 44.6 Å². The van der Waals surface area contributed by atoms with Crippen LogP contribution in [0.15, 0.2) is 24.3 Å². The second-order valence-electron chi connectivity index (χ2n) is 4.17. The molecular weight excluding hydrogens is 337 g/mol. The fourth-order valence-corrected chi connectivity index (χ4v) is 2.44. The van der Waals surface area contributed by atoms with Crippen molar-refractivity contribution in [3.05, 3.63) is 45.0 Å². The van der Waals surface area contributed by atoms with Gasteiger partial charge in [0.15, 0.2) is 0 Å². The van der Waals surface area contributed by atoms with Gasteiger partial charge in [-0.15, -0.1) is 0 Å². The zero-order valence-corrected chi connectivity index (χ0v) is 13.1. The summed E-state index contributed by atoms with van der Waals surface area (Å²) in [5.74, 6) is -0.663. The van der Waals surface area contributed by atoms with Crippen LogP contribution in [0, 0.1) is 0 Å². The summed E-state index contributed by atoms with van der Waals surface area (Å²) in [5, 5.41) is 9.83. The van der Waals surface area contributed by atoms with E-state index in [0.29, 0.717) is 22.7 Å². The van der Waals surface area contributed by atoms with Gasteiger partial charge in [0.1, 0.15) is 0 Å². The quantitative estimate of drug-likeness (QED) is 0.836. The number of carbonyl (C=O) groups is 1. The summed E-state index contributed by atoms with van der Waals surface area (Å²) in [5.41, 5.74) is 1.61. The first-order valence-electron chi connectivity index (χ1n) is 5.83. The Bertz CT molecular complexity index is 681. The van der Waals surface area contributed by atoms with E-state index in [2.05, 4.69) is 4.98 Å². The van der Waals surface area contributed by atoms with Gasteiger partial charge in [-0.05, 0) is 23.8 Å². The first-order chi connectivity index (χ1) is 9.92. The SMILES string of the molecule is COc1ccc(-c2cc(Cl)c(Cl)c(Cl)c2)c(CC(=O)O)n1. The summed E-state index contributed by atoms with van der Waals surface area (Å²) < 4.78 is 5.02. The van der Waals surface area contributed by atoms with Gasteiger partial charge in [0.2, 0.25) is 5.88 Å². The number of benzene rings is 1. The maximum atomic E-state index is 11.0. The third-order valence-electron chi connectivity index (χ3n) is 2.77. The lowest BCUT2D eigenvalue weighted by atomic mass is 10.0. The van der Waals surface area contributed by atoms with Crippen LogP contribution in [0.2, 0.25) is 15.1 Å². The Balaban J connectivity index is 2.59. The highest BCUT2D eigenvalue weighted by molar-refractivity contribution is 6.48. The van der Waals surface area contributed by atoms with Crippen molar-refractivity contribution < 1.29 is 14.6 Å². The lowest BCUT2D eigenvalue weighted by Gasteiger charge is -2.11. The minimum atomic E-state index is -0.997. The molecule has 0 spiro atoms. The maximum absolute atomic E-state index is 11.0. The molecule has 7 heteroatoms. The van der Waals surface area contributed by atoms with E-state index in [1.807, 2.05) is 0 Å². The highest BCUT2D eigenvalue weighted by Crippen LogP contribution is 2.36. The molecule has 0 bridgehead atoms. The van der Waals surface area contributed by atoms with E-state index in [-0.39, 0.29) is 21.5 Å². The number of aliphatic carboxylic acids is 1. The number of hydrogen-bond acceptors (Lipinski definition) is 3. The van der Waals surface area contributed by atoms with Gasteiger partial charge in [-0.25, -0.2) is 4.98 Å². The normalized spacial score (nSPS) is 10.5. The summed E-state index contributed by atoms with van der Waals surface area (Å²) in [7, 11) is 1.46. The second-order valence-corrected chi connectivity index (χ2v) is 5.36. The molecule has 2 rings (SSSR count). The minimum absolute atomic E-state index is 0.246.